The molecule has 0 saturated heterocycles. The van der Waals surface area contributed by atoms with E-state index in [1.807, 2.05) is 0 Å². The molecule has 0 bridgehead atoms. The quantitative estimate of drug-likeness (QED) is 0.623. The van der Waals surface area contributed by atoms with Crippen LogP contribution in [0.1, 0.15) is 15.9 Å². The Bertz CT molecular complexity index is 723. The summed E-state index contributed by atoms with van der Waals surface area (Å²) in [6, 6.07) is 9.01. The minimum absolute atomic E-state index is 0.104. The monoisotopic (exact) mass is 316 g/mol. The molecule has 23 heavy (non-hydrogen) atoms. The van der Waals surface area contributed by atoms with E-state index >= 15 is 0 Å². The van der Waals surface area contributed by atoms with Crippen LogP contribution in [0, 0.1) is 0 Å². The molecule has 0 aromatic heterocycles. The number of carbonyl (C=O) groups excluding carboxylic acids is 2. The van der Waals surface area contributed by atoms with Crippen LogP contribution in [0.5, 0.6) is 23.0 Å². The molecule has 2 rings (SSSR count). The first-order valence-electron chi connectivity index (χ1n) is 6.77. The van der Waals surface area contributed by atoms with Gasteiger partial charge in [0, 0.05) is 12.1 Å². The largest absolute Gasteiger partial charge is 0.507 e. The summed E-state index contributed by atoms with van der Waals surface area (Å²) in [5.74, 6) is 0.559. The molecule has 0 saturated carbocycles. The standard InChI is InChI=1S/C17H16O6/c1-21-11-3-6-14(16(10-11)22-2)17(20)13-5-4-12(9-15(13)19)23-8-7-18/h3-7,9-10,19H,8H2,1-2H3. The van der Waals surface area contributed by atoms with Crippen molar-refractivity contribution in [3.8, 4) is 23.0 Å². The van der Waals surface area contributed by atoms with E-state index in [-0.39, 0.29) is 17.9 Å². The Balaban J connectivity index is 2.35. The Morgan fingerprint density at radius 2 is 1.74 bits per heavy atom. The molecule has 0 fully saturated rings. The molecule has 0 aliphatic rings. The van der Waals surface area contributed by atoms with Crippen molar-refractivity contribution in [3.63, 3.8) is 0 Å². The Morgan fingerprint density at radius 3 is 2.35 bits per heavy atom. The van der Waals surface area contributed by atoms with Crippen molar-refractivity contribution in [2.75, 3.05) is 20.8 Å². The van der Waals surface area contributed by atoms with Crippen LogP contribution in [-0.2, 0) is 4.79 Å². The van der Waals surface area contributed by atoms with Crippen molar-refractivity contribution in [2.45, 2.75) is 0 Å². The second kappa shape index (κ2) is 7.31. The second-order valence-electron chi connectivity index (χ2n) is 4.55. The third-order valence-corrected chi connectivity index (χ3v) is 3.19. The average molecular weight is 316 g/mol. The number of ether oxygens (including phenoxy) is 3. The molecule has 0 heterocycles. The second-order valence-corrected chi connectivity index (χ2v) is 4.55. The first kappa shape index (κ1) is 16.4. The summed E-state index contributed by atoms with van der Waals surface area (Å²) in [5, 5.41) is 10.0. The van der Waals surface area contributed by atoms with E-state index in [9.17, 15) is 14.7 Å². The van der Waals surface area contributed by atoms with E-state index in [2.05, 4.69) is 0 Å². The molecule has 2 aromatic rings. The lowest BCUT2D eigenvalue weighted by Gasteiger charge is -2.11. The van der Waals surface area contributed by atoms with Gasteiger partial charge < -0.3 is 19.3 Å². The number of ketones is 1. The number of benzene rings is 2. The topological polar surface area (TPSA) is 82.1 Å². The predicted octanol–water partition coefficient (Wildman–Crippen LogP) is 2.22. The van der Waals surface area contributed by atoms with E-state index in [1.165, 1.54) is 32.4 Å². The van der Waals surface area contributed by atoms with E-state index in [0.717, 1.165) is 0 Å². The number of hydrogen-bond donors (Lipinski definition) is 1. The summed E-state index contributed by atoms with van der Waals surface area (Å²) in [5.41, 5.74) is 0.400. The molecular formula is C17H16O6. The molecule has 0 radical (unpaired) electrons. The van der Waals surface area contributed by atoms with Crippen LogP contribution in [-0.4, -0.2) is 38.0 Å². The van der Waals surface area contributed by atoms with Crippen molar-refractivity contribution in [2.24, 2.45) is 0 Å². The van der Waals surface area contributed by atoms with Crippen molar-refractivity contribution in [1.29, 1.82) is 0 Å². The van der Waals surface area contributed by atoms with Crippen LogP contribution >= 0.6 is 0 Å². The normalized spacial score (nSPS) is 10.0. The van der Waals surface area contributed by atoms with Gasteiger partial charge in [-0.15, -0.1) is 0 Å². The molecule has 0 spiro atoms. The van der Waals surface area contributed by atoms with Gasteiger partial charge in [-0.1, -0.05) is 0 Å². The SMILES string of the molecule is COc1ccc(C(=O)c2ccc(OCC=O)cc2O)c(OC)c1. The van der Waals surface area contributed by atoms with Gasteiger partial charge in [0.2, 0.25) is 0 Å². The van der Waals surface area contributed by atoms with Gasteiger partial charge in [-0.25, -0.2) is 0 Å². The Morgan fingerprint density at radius 1 is 1.04 bits per heavy atom. The number of methoxy groups -OCH3 is 2. The predicted molar refractivity (Wildman–Crippen MR) is 82.6 cm³/mol. The number of hydrogen-bond acceptors (Lipinski definition) is 6. The highest BCUT2D eigenvalue weighted by atomic mass is 16.5. The molecule has 6 nitrogen and oxygen atoms in total. The summed E-state index contributed by atoms with van der Waals surface area (Å²) >= 11 is 0. The Hall–Kier alpha value is -3.02. The minimum atomic E-state index is -0.399. The molecule has 0 aliphatic carbocycles. The first-order chi connectivity index (χ1) is 11.1. The molecule has 6 heteroatoms. The number of rotatable bonds is 7. The fourth-order valence-corrected chi connectivity index (χ4v) is 2.05. The van der Waals surface area contributed by atoms with Gasteiger partial charge in [0.25, 0.3) is 0 Å². The molecule has 0 unspecified atom stereocenters. The summed E-state index contributed by atoms with van der Waals surface area (Å²) in [7, 11) is 2.96. The lowest BCUT2D eigenvalue weighted by molar-refractivity contribution is -0.109. The number of aldehydes is 1. The van der Waals surface area contributed by atoms with Crippen LogP contribution in [0.15, 0.2) is 36.4 Å². The maximum atomic E-state index is 12.6. The number of carbonyl (C=O) groups is 2. The molecule has 2 aromatic carbocycles. The van der Waals surface area contributed by atoms with Crippen LogP contribution < -0.4 is 14.2 Å². The molecule has 0 amide bonds. The van der Waals surface area contributed by atoms with Gasteiger partial charge in [0.1, 0.15) is 29.6 Å². The highest BCUT2D eigenvalue weighted by Crippen LogP contribution is 2.31. The highest BCUT2D eigenvalue weighted by molar-refractivity contribution is 6.12. The average Bonchev–Trinajstić information content (AvgIpc) is 2.58. The van der Waals surface area contributed by atoms with Crippen LogP contribution in [0.2, 0.25) is 0 Å². The van der Waals surface area contributed by atoms with E-state index in [4.69, 9.17) is 14.2 Å². The zero-order valence-corrected chi connectivity index (χ0v) is 12.7. The summed E-state index contributed by atoms with van der Waals surface area (Å²) < 4.78 is 15.4. The third-order valence-electron chi connectivity index (χ3n) is 3.19. The molecule has 0 atom stereocenters. The van der Waals surface area contributed by atoms with Crippen molar-refractivity contribution < 1.29 is 28.9 Å². The highest BCUT2D eigenvalue weighted by Gasteiger charge is 2.19. The van der Waals surface area contributed by atoms with Gasteiger partial charge in [0.05, 0.1) is 25.3 Å². The van der Waals surface area contributed by atoms with Crippen molar-refractivity contribution in [3.05, 3.63) is 47.5 Å². The van der Waals surface area contributed by atoms with Gasteiger partial charge in [0.15, 0.2) is 12.1 Å². The van der Waals surface area contributed by atoms with Crippen molar-refractivity contribution in [1.82, 2.24) is 0 Å². The van der Waals surface area contributed by atoms with Gasteiger partial charge in [-0.05, 0) is 24.3 Å². The van der Waals surface area contributed by atoms with Crippen molar-refractivity contribution >= 4 is 12.1 Å². The van der Waals surface area contributed by atoms with E-state index < -0.39 is 5.78 Å². The smallest absolute Gasteiger partial charge is 0.200 e. The van der Waals surface area contributed by atoms with Gasteiger partial charge in [-0.3, -0.25) is 9.59 Å². The first-order valence-corrected chi connectivity index (χ1v) is 6.77. The molecule has 120 valence electrons. The lowest BCUT2D eigenvalue weighted by atomic mass is 10.0. The number of aromatic hydroxyl groups is 1. The lowest BCUT2D eigenvalue weighted by Crippen LogP contribution is -2.05. The van der Waals surface area contributed by atoms with E-state index in [0.29, 0.717) is 29.1 Å². The summed E-state index contributed by atoms with van der Waals surface area (Å²) in [6.45, 7) is -0.126. The Kier molecular flexibility index (Phi) is 5.19. The fourth-order valence-electron chi connectivity index (χ4n) is 2.05. The number of phenolic OH excluding ortho intramolecular Hbond substituents is 1. The van der Waals surface area contributed by atoms with Crippen LogP contribution in [0.25, 0.3) is 0 Å². The molecule has 1 N–H and O–H groups in total. The maximum Gasteiger partial charge on any atom is 0.200 e. The van der Waals surface area contributed by atoms with Gasteiger partial charge >= 0.3 is 0 Å². The molecular weight excluding hydrogens is 300 g/mol. The summed E-state index contributed by atoms with van der Waals surface area (Å²) in [6.07, 6.45) is 0.596. The number of phenols is 1. The van der Waals surface area contributed by atoms with E-state index in [1.54, 1.807) is 18.2 Å². The zero-order valence-electron chi connectivity index (χ0n) is 12.7. The molecule has 0 aliphatic heterocycles. The van der Waals surface area contributed by atoms with Crippen LogP contribution in [0.3, 0.4) is 0 Å². The third kappa shape index (κ3) is 3.60. The zero-order chi connectivity index (χ0) is 16.8. The Labute approximate surface area is 133 Å². The van der Waals surface area contributed by atoms with Crippen LogP contribution in [0.4, 0.5) is 0 Å². The van der Waals surface area contributed by atoms with Gasteiger partial charge in [-0.2, -0.15) is 0 Å². The minimum Gasteiger partial charge on any atom is -0.507 e. The fraction of sp³-hybridized carbons (Fsp3) is 0.176. The summed E-state index contributed by atoms with van der Waals surface area (Å²) in [4.78, 5) is 22.9. The maximum absolute atomic E-state index is 12.6.